The summed E-state index contributed by atoms with van der Waals surface area (Å²) >= 11 is 1.20. The first-order valence-corrected chi connectivity index (χ1v) is 9.09. The first kappa shape index (κ1) is 18.5. The number of carbonyl (C=O) groups excluding carboxylic acids is 1. The fraction of sp³-hybridized carbons (Fsp3) is 0.316. The number of rotatable bonds is 5. The number of ether oxygens (including phenoxy) is 2. The molecule has 2 aromatic rings. The Kier molecular flexibility index (Phi) is 5.66. The number of thioether (sulfide) groups is 1. The topological polar surface area (TPSA) is 38.8 Å². The summed E-state index contributed by atoms with van der Waals surface area (Å²) in [5, 5.41) is 0. The lowest BCUT2D eigenvalue weighted by molar-refractivity contribution is -0.129. The molecule has 1 heterocycles. The third-order valence-electron chi connectivity index (χ3n) is 4.32. The van der Waals surface area contributed by atoms with Crippen molar-refractivity contribution in [2.45, 2.75) is 17.9 Å². The molecule has 0 saturated heterocycles. The predicted octanol–water partition coefficient (Wildman–Crippen LogP) is 3.66. The van der Waals surface area contributed by atoms with Crippen LogP contribution in [0.5, 0.6) is 11.5 Å². The zero-order valence-corrected chi connectivity index (χ0v) is 15.4. The van der Waals surface area contributed by atoms with Crippen LogP contribution in [0.2, 0.25) is 0 Å². The van der Waals surface area contributed by atoms with Crippen molar-refractivity contribution < 1.29 is 23.0 Å². The fourth-order valence-corrected chi connectivity index (χ4v) is 3.72. The van der Waals surface area contributed by atoms with Gasteiger partial charge in [0.2, 0.25) is 5.91 Å². The molecule has 7 heteroatoms. The van der Waals surface area contributed by atoms with Gasteiger partial charge in [-0.2, -0.15) is 0 Å². The molecule has 3 rings (SSSR count). The quantitative estimate of drug-likeness (QED) is 0.744. The Morgan fingerprint density at radius 1 is 1.08 bits per heavy atom. The van der Waals surface area contributed by atoms with Crippen LogP contribution in [0, 0.1) is 11.6 Å². The van der Waals surface area contributed by atoms with Gasteiger partial charge < -0.3 is 14.4 Å². The number of hydrogen-bond acceptors (Lipinski definition) is 4. The lowest BCUT2D eigenvalue weighted by atomic mass is 9.99. The minimum absolute atomic E-state index is 0.0415. The van der Waals surface area contributed by atoms with Gasteiger partial charge in [-0.3, -0.25) is 4.79 Å². The molecule has 2 aromatic carbocycles. The highest BCUT2D eigenvalue weighted by Crippen LogP contribution is 2.33. The second kappa shape index (κ2) is 7.95. The Morgan fingerprint density at radius 3 is 2.42 bits per heavy atom. The van der Waals surface area contributed by atoms with Crippen molar-refractivity contribution in [3.8, 4) is 11.5 Å². The average molecular weight is 379 g/mol. The minimum atomic E-state index is -0.907. The highest BCUT2D eigenvalue weighted by Gasteiger charge is 2.23. The van der Waals surface area contributed by atoms with E-state index in [1.54, 1.807) is 19.1 Å². The summed E-state index contributed by atoms with van der Waals surface area (Å²) in [6, 6.07) is 7.50. The first-order valence-electron chi connectivity index (χ1n) is 8.11. The molecular weight excluding hydrogens is 360 g/mol. The van der Waals surface area contributed by atoms with Crippen LogP contribution in [-0.4, -0.2) is 37.3 Å². The van der Waals surface area contributed by atoms with Gasteiger partial charge in [0.15, 0.2) is 23.1 Å². The van der Waals surface area contributed by atoms with Crippen molar-refractivity contribution in [1.29, 1.82) is 0 Å². The molecule has 4 nitrogen and oxygen atoms in total. The summed E-state index contributed by atoms with van der Waals surface area (Å²) in [6.45, 7) is 1.10. The van der Waals surface area contributed by atoms with Gasteiger partial charge in [0.25, 0.3) is 0 Å². The molecule has 138 valence electrons. The molecule has 0 N–H and O–H groups in total. The molecule has 0 saturated carbocycles. The van der Waals surface area contributed by atoms with Gasteiger partial charge in [-0.1, -0.05) is 0 Å². The monoisotopic (exact) mass is 379 g/mol. The summed E-state index contributed by atoms with van der Waals surface area (Å²) in [5.74, 6) is -0.349. The van der Waals surface area contributed by atoms with E-state index in [4.69, 9.17) is 9.47 Å². The molecule has 0 radical (unpaired) electrons. The summed E-state index contributed by atoms with van der Waals surface area (Å²) in [6.07, 6.45) is 0.733. The molecule has 0 fully saturated rings. The molecule has 0 spiro atoms. The van der Waals surface area contributed by atoms with E-state index in [0.29, 0.717) is 29.5 Å². The van der Waals surface area contributed by atoms with Crippen LogP contribution in [0.3, 0.4) is 0 Å². The van der Waals surface area contributed by atoms with E-state index in [-0.39, 0.29) is 11.7 Å². The summed E-state index contributed by atoms with van der Waals surface area (Å²) in [4.78, 5) is 14.8. The van der Waals surface area contributed by atoms with Gasteiger partial charge in [-0.25, -0.2) is 8.78 Å². The van der Waals surface area contributed by atoms with Gasteiger partial charge >= 0.3 is 0 Å². The zero-order valence-electron chi connectivity index (χ0n) is 14.6. The Labute approximate surface area is 155 Å². The summed E-state index contributed by atoms with van der Waals surface area (Å²) < 4.78 is 36.9. The molecule has 0 aromatic heterocycles. The number of benzene rings is 2. The van der Waals surface area contributed by atoms with Crippen LogP contribution in [0.4, 0.5) is 8.78 Å². The maximum absolute atomic E-state index is 13.3. The van der Waals surface area contributed by atoms with E-state index in [0.717, 1.165) is 29.7 Å². The average Bonchev–Trinajstić information content (AvgIpc) is 2.66. The Bertz CT molecular complexity index is 829. The van der Waals surface area contributed by atoms with Crippen molar-refractivity contribution in [2.75, 3.05) is 26.5 Å². The molecule has 26 heavy (non-hydrogen) atoms. The van der Waals surface area contributed by atoms with Gasteiger partial charge in [-0.05, 0) is 47.9 Å². The van der Waals surface area contributed by atoms with E-state index in [2.05, 4.69) is 0 Å². The zero-order chi connectivity index (χ0) is 18.7. The largest absolute Gasteiger partial charge is 0.493 e. The van der Waals surface area contributed by atoms with Crippen molar-refractivity contribution in [2.24, 2.45) is 0 Å². The minimum Gasteiger partial charge on any atom is -0.493 e. The SMILES string of the molecule is COc1cc2c(cc1OC)CN(C(=O)CSc1ccc(F)c(F)c1)CC2. The van der Waals surface area contributed by atoms with Crippen LogP contribution in [0.15, 0.2) is 35.2 Å². The standard InChI is InChI=1S/C19H19F2NO3S/c1-24-17-7-12-5-6-22(10-13(12)8-18(17)25-2)19(23)11-26-14-3-4-15(20)16(21)9-14/h3-4,7-9H,5-6,10-11H2,1-2H3. The van der Waals surface area contributed by atoms with Gasteiger partial charge in [0.1, 0.15) is 0 Å². The predicted molar refractivity (Wildman–Crippen MR) is 95.7 cm³/mol. The van der Waals surface area contributed by atoms with Crippen LogP contribution in [0.1, 0.15) is 11.1 Å². The van der Waals surface area contributed by atoms with Gasteiger partial charge in [-0.15, -0.1) is 11.8 Å². The molecule has 0 bridgehead atoms. The maximum atomic E-state index is 13.3. The number of fused-ring (bicyclic) bond motifs is 1. The van der Waals surface area contributed by atoms with Crippen LogP contribution < -0.4 is 9.47 Å². The highest BCUT2D eigenvalue weighted by molar-refractivity contribution is 8.00. The number of amides is 1. The van der Waals surface area contributed by atoms with Crippen molar-refractivity contribution >= 4 is 17.7 Å². The molecule has 0 unspecified atom stereocenters. The van der Waals surface area contributed by atoms with Gasteiger partial charge in [0, 0.05) is 18.0 Å². The normalized spacial score (nSPS) is 13.3. The van der Waals surface area contributed by atoms with Crippen LogP contribution >= 0.6 is 11.8 Å². The Morgan fingerprint density at radius 2 is 1.77 bits per heavy atom. The molecule has 1 aliphatic rings. The third-order valence-corrected chi connectivity index (χ3v) is 5.30. The summed E-state index contributed by atoms with van der Waals surface area (Å²) in [7, 11) is 3.17. The molecular formula is C19H19F2NO3S. The number of carbonyl (C=O) groups is 1. The van der Waals surface area contributed by atoms with Crippen molar-refractivity contribution in [1.82, 2.24) is 4.90 Å². The van der Waals surface area contributed by atoms with Crippen molar-refractivity contribution in [3.63, 3.8) is 0 Å². The summed E-state index contributed by atoms with van der Waals surface area (Å²) in [5.41, 5.74) is 2.17. The van der Waals surface area contributed by atoms with E-state index in [9.17, 15) is 13.6 Å². The lowest BCUT2D eigenvalue weighted by Crippen LogP contribution is -2.37. The number of nitrogens with zero attached hydrogens (tertiary/aromatic N) is 1. The number of halogens is 2. The van der Waals surface area contributed by atoms with E-state index >= 15 is 0 Å². The first-order chi connectivity index (χ1) is 12.5. The molecule has 0 aliphatic carbocycles. The Hall–Kier alpha value is -2.28. The van der Waals surface area contributed by atoms with E-state index in [1.165, 1.54) is 17.8 Å². The van der Waals surface area contributed by atoms with Crippen molar-refractivity contribution in [3.05, 3.63) is 53.1 Å². The fourth-order valence-electron chi connectivity index (χ4n) is 2.90. The molecule has 0 atom stereocenters. The second-order valence-electron chi connectivity index (χ2n) is 5.91. The van der Waals surface area contributed by atoms with E-state index < -0.39 is 11.6 Å². The van der Waals surface area contributed by atoms with Crippen LogP contribution in [0.25, 0.3) is 0 Å². The Balaban J connectivity index is 1.66. The van der Waals surface area contributed by atoms with Crippen LogP contribution in [-0.2, 0) is 17.8 Å². The third kappa shape index (κ3) is 3.93. The smallest absolute Gasteiger partial charge is 0.233 e. The molecule has 1 amide bonds. The number of hydrogen-bond donors (Lipinski definition) is 0. The lowest BCUT2D eigenvalue weighted by Gasteiger charge is -2.29. The maximum Gasteiger partial charge on any atom is 0.233 e. The molecule has 1 aliphatic heterocycles. The van der Waals surface area contributed by atoms with E-state index in [1.807, 2.05) is 12.1 Å². The number of methoxy groups -OCH3 is 2. The second-order valence-corrected chi connectivity index (χ2v) is 6.95. The highest BCUT2D eigenvalue weighted by atomic mass is 32.2. The van der Waals surface area contributed by atoms with Gasteiger partial charge in [0.05, 0.1) is 20.0 Å².